The van der Waals surface area contributed by atoms with Crippen LogP contribution in [0.2, 0.25) is 0 Å². The number of carboxylic acid groups (broad SMARTS) is 1. The second-order valence-electron chi connectivity index (χ2n) is 5.01. The summed E-state index contributed by atoms with van der Waals surface area (Å²) in [5, 5.41) is 9.59. The van der Waals surface area contributed by atoms with Crippen molar-refractivity contribution >= 4 is 28.6 Å². The van der Waals surface area contributed by atoms with Crippen LogP contribution in [0.15, 0.2) is 24.3 Å². The first-order valence-corrected chi connectivity index (χ1v) is 7.52. The number of carboxylic acids is 1. The number of carbonyl (C=O) groups is 1. The van der Waals surface area contributed by atoms with Crippen LogP contribution in [0.25, 0.3) is 0 Å². The molecule has 1 N–H and O–H groups in total. The highest BCUT2D eigenvalue weighted by Gasteiger charge is 2.35. The van der Waals surface area contributed by atoms with Crippen LogP contribution in [-0.2, 0) is 14.9 Å². The molecular formula is C16H19IO3. The minimum atomic E-state index is -0.908. The first-order chi connectivity index (χ1) is 9.40. The van der Waals surface area contributed by atoms with E-state index in [0.717, 1.165) is 9.13 Å². The molecule has 1 aromatic carbocycles. The number of halogens is 1. The van der Waals surface area contributed by atoms with Crippen LogP contribution in [0.5, 0.6) is 0 Å². The quantitative estimate of drug-likeness (QED) is 0.577. The van der Waals surface area contributed by atoms with E-state index < -0.39 is 11.4 Å². The SMILES string of the molecule is C#CCOC(C)CCC(C)(C(=O)O)c1cccc(I)c1. The standard InChI is InChI=1S/C16H19IO3/c1-4-10-20-12(2)8-9-16(3,15(18)19)13-6-5-7-14(17)11-13/h1,5-7,11-12H,8-10H2,2-3H3,(H,18,19). The van der Waals surface area contributed by atoms with E-state index in [-0.39, 0.29) is 12.7 Å². The maximum atomic E-state index is 11.7. The van der Waals surface area contributed by atoms with Crippen LogP contribution in [0.1, 0.15) is 32.3 Å². The van der Waals surface area contributed by atoms with Crippen LogP contribution in [0.4, 0.5) is 0 Å². The van der Waals surface area contributed by atoms with E-state index in [1.54, 1.807) is 6.92 Å². The zero-order valence-electron chi connectivity index (χ0n) is 11.7. The van der Waals surface area contributed by atoms with Gasteiger partial charge in [0.2, 0.25) is 0 Å². The highest BCUT2D eigenvalue weighted by atomic mass is 127. The van der Waals surface area contributed by atoms with Gasteiger partial charge in [0.05, 0.1) is 11.5 Å². The van der Waals surface area contributed by atoms with Crippen molar-refractivity contribution in [1.29, 1.82) is 0 Å². The molecule has 0 aliphatic rings. The number of terminal acetylenes is 1. The summed E-state index contributed by atoms with van der Waals surface area (Å²) in [7, 11) is 0. The first-order valence-electron chi connectivity index (χ1n) is 6.44. The van der Waals surface area contributed by atoms with Gasteiger partial charge in [-0.25, -0.2) is 0 Å². The van der Waals surface area contributed by atoms with Gasteiger partial charge in [-0.3, -0.25) is 4.79 Å². The number of ether oxygens (including phenoxy) is 1. The van der Waals surface area contributed by atoms with Crippen LogP contribution >= 0.6 is 22.6 Å². The van der Waals surface area contributed by atoms with Gasteiger partial charge in [0.15, 0.2) is 0 Å². The van der Waals surface area contributed by atoms with Crippen molar-refractivity contribution in [1.82, 2.24) is 0 Å². The van der Waals surface area contributed by atoms with E-state index in [1.165, 1.54) is 0 Å². The molecule has 0 fully saturated rings. The van der Waals surface area contributed by atoms with Gasteiger partial charge in [-0.05, 0) is 67.0 Å². The fraction of sp³-hybridized carbons (Fsp3) is 0.438. The fourth-order valence-corrected chi connectivity index (χ4v) is 2.52. The van der Waals surface area contributed by atoms with Crippen molar-refractivity contribution in [2.24, 2.45) is 0 Å². The van der Waals surface area contributed by atoms with Gasteiger partial charge >= 0.3 is 5.97 Å². The molecule has 1 rings (SSSR count). The summed E-state index contributed by atoms with van der Waals surface area (Å²) in [6, 6.07) is 7.62. The third-order valence-corrected chi connectivity index (χ3v) is 4.11. The van der Waals surface area contributed by atoms with Crippen molar-refractivity contribution in [2.45, 2.75) is 38.2 Å². The largest absolute Gasteiger partial charge is 0.481 e. The number of benzene rings is 1. The minimum absolute atomic E-state index is 0.0486. The topological polar surface area (TPSA) is 46.5 Å². The van der Waals surface area contributed by atoms with Gasteiger partial charge in [-0.15, -0.1) is 6.42 Å². The molecule has 0 heterocycles. The van der Waals surface area contributed by atoms with Crippen LogP contribution in [0, 0.1) is 15.9 Å². The van der Waals surface area contributed by atoms with E-state index in [9.17, 15) is 9.90 Å². The zero-order valence-corrected chi connectivity index (χ0v) is 13.9. The molecule has 0 amide bonds. The third-order valence-electron chi connectivity index (χ3n) is 3.44. The Labute approximate surface area is 133 Å². The Kier molecular flexibility index (Phi) is 6.50. The lowest BCUT2D eigenvalue weighted by molar-refractivity contribution is -0.143. The summed E-state index contributed by atoms with van der Waals surface area (Å²) in [4.78, 5) is 11.7. The number of hydrogen-bond acceptors (Lipinski definition) is 2. The smallest absolute Gasteiger partial charge is 0.313 e. The summed E-state index contributed by atoms with van der Waals surface area (Å²) < 4.78 is 6.43. The molecule has 0 saturated carbocycles. The van der Waals surface area contributed by atoms with Crippen molar-refractivity contribution in [2.75, 3.05) is 6.61 Å². The maximum absolute atomic E-state index is 11.7. The zero-order chi connectivity index (χ0) is 15.2. The van der Waals surface area contributed by atoms with Crippen molar-refractivity contribution < 1.29 is 14.6 Å². The van der Waals surface area contributed by atoms with Crippen LogP contribution in [-0.4, -0.2) is 23.8 Å². The lowest BCUT2D eigenvalue weighted by Crippen LogP contribution is -2.33. The average molecular weight is 386 g/mol. The molecular weight excluding hydrogens is 367 g/mol. The Morgan fingerprint density at radius 2 is 2.30 bits per heavy atom. The van der Waals surface area contributed by atoms with E-state index in [2.05, 4.69) is 28.5 Å². The second-order valence-corrected chi connectivity index (χ2v) is 6.26. The maximum Gasteiger partial charge on any atom is 0.313 e. The predicted molar refractivity (Wildman–Crippen MR) is 87.6 cm³/mol. The molecule has 1 aromatic rings. The van der Waals surface area contributed by atoms with Gasteiger partial charge in [0.1, 0.15) is 6.61 Å². The summed E-state index contributed by atoms with van der Waals surface area (Å²) in [5.74, 6) is 1.60. The number of rotatable bonds is 7. The van der Waals surface area contributed by atoms with E-state index in [0.29, 0.717) is 12.8 Å². The van der Waals surface area contributed by atoms with E-state index in [4.69, 9.17) is 11.2 Å². The molecule has 108 valence electrons. The molecule has 2 atom stereocenters. The first kappa shape index (κ1) is 17.0. The van der Waals surface area contributed by atoms with E-state index in [1.807, 2.05) is 31.2 Å². The normalized spacial score (nSPS) is 15.1. The molecule has 2 unspecified atom stereocenters. The molecule has 0 aliphatic carbocycles. The number of aliphatic carboxylic acids is 1. The van der Waals surface area contributed by atoms with Gasteiger partial charge in [0, 0.05) is 3.57 Å². The molecule has 0 saturated heterocycles. The summed E-state index contributed by atoms with van der Waals surface area (Å²) in [6.07, 6.45) is 6.25. The lowest BCUT2D eigenvalue weighted by atomic mass is 9.78. The lowest BCUT2D eigenvalue weighted by Gasteiger charge is -2.27. The molecule has 0 aromatic heterocycles. The molecule has 3 nitrogen and oxygen atoms in total. The fourth-order valence-electron chi connectivity index (χ4n) is 1.97. The minimum Gasteiger partial charge on any atom is -0.481 e. The van der Waals surface area contributed by atoms with Gasteiger partial charge in [0.25, 0.3) is 0 Å². The predicted octanol–water partition coefficient (Wildman–Crippen LogP) is 3.45. The Hall–Kier alpha value is -1.06. The Morgan fingerprint density at radius 3 is 2.85 bits per heavy atom. The summed E-state index contributed by atoms with van der Waals surface area (Å²) in [6.45, 7) is 3.93. The monoisotopic (exact) mass is 386 g/mol. The Bertz CT molecular complexity index is 507. The van der Waals surface area contributed by atoms with Gasteiger partial charge in [-0.2, -0.15) is 0 Å². The van der Waals surface area contributed by atoms with E-state index >= 15 is 0 Å². The van der Waals surface area contributed by atoms with Gasteiger partial charge < -0.3 is 9.84 Å². The van der Waals surface area contributed by atoms with Crippen molar-refractivity contribution in [3.05, 3.63) is 33.4 Å². The molecule has 0 aliphatic heterocycles. The highest BCUT2D eigenvalue weighted by Crippen LogP contribution is 2.31. The summed E-state index contributed by atoms with van der Waals surface area (Å²) >= 11 is 2.19. The molecule has 4 heteroatoms. The second kappa shape index (κ2) is 7.65. The number of hydrogen-bond donors (Lipinski definition) is 1. The third kappa shape index (κ3) is 4.50. The molecule has 0 radical (unpaired) electrons. The summed E-state index contributed by atoms with van der Waals surface area (Å²) in [5.41, 5.74) is -0.0874. The van der Waals surface area contributed by atoms with Crippen molar-refractivity contribution in [3.63, 3.8) is 0 Å². The van der Waals surface area contributed by atoms with Gasteiger partial charge in [-0.1, -0.05) is 18.1 Å². The molecule has 0 bridgehead atoms. The van der Waals surface area contributed by atoms with Crippen molar-refractivity contribution in [3.8, 4) is 12.3 Å². The highest BCUT2D eigenvalue weighted by molar-refractivity contribution is 14.1. The van der Waals surface area contributed by atoms with Crippen LogP contribution in [0.3, 0.4) is 0 Å². The average Bonchev–Trinajstić information content (AvgIpc) is 2.42. The Morgan fingerprint density at radius 1 is 1.60 bits per heavy atom. The Balaban J connectivity index is 2.83. The molecule has 0 spiro atoms. The van der Waals surface area contributed by atoms with Crippen LogP contribution < -0.4 is 0 Å². The molecule has 20 heavy (non-hydrogen) atoms.